The maximum atomic E-state index is 10.8. The largest absolute Gasteiger partial charge is 0.507 e. The van der Waals surface area contributed by atoms with Crippen LogP contribution in [0.5, 0.6) is 5.75 Å². The Labute approximate surface area is 150 Å². The van der Waals surface area contributed by atoms with Gasteiger partial charge < -0.3 is 5.11 Å². The van der Waals surface area contributed by atoms with Gasteiger partial charge in [0.1, 0.15) is 5.75 Å². The molecule has 3 aromatic carbocycles. The molecular weight excluding hydrogens is 328 g/mol. The van der Waals surface area contributed by atoms with Crippen molar-refractivity contribution in [3.05, 3.63) is 99.6 Å². The Kier molecular flexibility index (Phi) is 5.19. The zero-order chi connectivity index (χ0) is 18.4. The van der Waals surface area contributed by atoms with E-state index >= 15 is 0 Å². The first-order chi connectivity index (χ1) is 12.6. The fourth-order valence-electron chi connectivity index (χ4n) is 2.33. The molecule has 0 saturated carbocycles. The van der Waals surface area contributed by atoms with Crippen molar-refractivity contribution < 1.29 is 10.0 Å². The highest BCUT2D eigenvalue weighted by molar-refractivity contribution is 5.86. The highest BCUT2D eigenvalue weighted by Gasteiger charge is 2.08. The van der Waals surface area contributed by atoms with Crippen molar-refractivity contribution in [3.8, 4) is 5.75 Å². The molecule has 0 heterocycles. The Morgan fingerprint density at radius 2 is 1.54 bits per heavy atom. The van der Waals surface area contributed by atoms with Crippen LogP contribution in [-0.4, -0.2) is 16.2 Å². The summed E-state index contributed by atoms with van der Waals surface area (Å²) in [6, 6.07) is 21.4. The summed E-state index contributed by atoms with van der Waals surface area (Å²) >= 11 is 0. The Hall–Kier alpha value is -3.73. The Balaban J connectivity index is 1.73. The number of nitro benzene ring substituents is 1. The van der Waals surface area contributed by atoms with Gasteiger partial charge in [-0.25, -0.2) is 0 Å². The summed E-state index contributed by atoms with van der Waals surface area (Å²) in [6.45, 7) is 0. The number of rotatable bonds is 5. The van der Waals surface area contributed by atoms with Gasteiger partial charge in [0.2, 0.25) is 0 Å². The molecule has 0 fully saturated rings. The number of hydrogen-bond acceptors (Lipinski definition) is 4. The van der Waals surface area contributed by atoms with Gasteiger partial charge in [-0.2, -0.15) is 0 Å². The normalized spacial score (nSPS) is 11.2. The van der Waals surface area contributed by atoms with Gasteiger partial charge >= 0.3 is 0 Å². The van der Waals surface area contributed by atoms with Gasteiger partial charge in [0.05, 0.1) is 10.6 Å². The van der Waals surface area contributed by atoms with Gasteiger partial charge in [-0.05, 0) is 29.3 Å². The van der Waals surface area contributed by atoms with Crippen LogP contribution in [-0.2, 0) is 0 Å². The van der Waals surface area contributed by atoms with Crippen molar-refractivity contribution >= 4 is 29.7 Å². The van der Waals surface area contributed by atoms with Crippen molar-refractivity contribution in [2.75, 3.05) is 0 Å². The summed E-state index contributed by atoms with van der Waals surface area (Å²) in [4.78, 5) is 14.6. The van der Waals surface area contributed by atoms with E-state index in [2.05, 4.69) is 4.99 Å². The third-order valence-electron chi connectivity index (χ3n) is 3.74. The van der Waals surface area contributed by atoms with Crippen LogP contribution < -0.4 is 0 Å². The smallest absolute Gasteiger partial charge is 0.270 e. The monoisotopic (exact) mass is 344 g/mol. The van der Waals surface area contributed by atoms with Crippen LogP contribution in [0.2, 0.25) is 0 Å². The first-order valence-electron chi connectivity index (χ1n) is 7.96. The highest BCUT2D eigenvalue weighted by Crippen LogP contribution is 2.22. The number of aliphatic imine (C=N–C) groups is 1. The second-order valence-corrected chi connectivity index (χ2v) is 5.59. The van der Waals surface area contributed by atoms with Crippen LogP contribution in [0.1, 0.15) is 16.7 Å². The average Bonchev–Trinajstić information content (AvgIpc) is 2.67. The molecule has 0 aliphatic rings. The fourth-order valence-corrected chi connectivity index (χ4v) is 2.33. The molecular formula is C21H16N2O3. The van der Waals surface area contributed by atoms with Gasteiger partial charge in [0, 0.05) is 23.9 Å². The van der Waals surface area contributed by atoms with E-state index in [9.17, 15) is 15.2 Å². The maximum absolute atomic E-state index is 10.8. The lowest BCUT2D eigenvalue weighted by Crippen LogP contribution is -1.90. The molecule has 0 spiro atoms. The molecule has 26 heavy (non-hydrogen) atoms. The van der Waals surface area contributed by atoms with Crippen molar-refractivity contribution in [2.24, 2.45) is 4.99 Å². The minimum Gasteiger partial charge on any atom is -0.507 e. The summed E-state index contributed by atoms with van der Waals surface area (Å²) in [5, 5.41) is 20.6. The number of phenolic OH excluding ortho intramolecular Hbond substituents is 1. The van der Waals surface area contributed by atoms with Crippen molar-refractivity contribution in [1.82, 2.24) is 0 Å². The number of aromatic hydroxyl groups is 1. The molecule has 5 heteroatoms. The lowest BCUT2D eigenvalue weighted by atomic mass is 10.1. The SMILES string of the molecule is O=[N+]([O-])c1ccc(O)c(C=Nc2ccc(C=Cc3ccccc3)cc2)c1. The lowest BCUT2D eigenvalue weighted by molar-refractivity contribution is -0.384. The van der Waals surface area contributed by atoms with Crippen molar-refractivity contribution in [1.29, 1.82) is 0 Å². The maximum Gasteiger partial charge on any atom is 0.270 e. The van der Waals surface area contributed by atoms with Crippen LogP contribution >= 0.6 is 0 Å². The van der Waals surface area contributed by atoms with Gasteiger partial charge in [-0.3, -0.25) is 15.1 Å². The summed E-state index contributed by atoms with van der Waals surface area (Å²) in [5.74, 6) is -0.0539. The minimum absolute atomic E-state index is 0.0539. The molecule has 0 aliphatic carbocycles. The number of nitrogens with zero attached hydrogens (tertiary/aromatic N) is 2. The Bertz CT molecular complexity index is 962. The predicted octanol–water partition coefficient (Wildman–Crippen LogP) is 5.22. The van der Waals surface area contributed by atoms with E-state index in [1.165, 1.54) is 24.4 Å². The van der Waals surface area contributed by atoms with Gasteiger partial charge in [0.15, 0.2) is 0 Å². The van der Waals surface area contributed by atoms with Crippen molar-refractivity contribution in [2.45, 2.75) is 0 Å². The number of benzene rings is 3. The second-order valence-electron chi connectivity index (χ2n) is 5.59. The second kappa shape index (κ2) is 7.90. The zero-order valence-electron chi connectivity index (χ0n) is 13.8. The number of phenols is 1. The molecule has 0 saturated heterocycles. The summed E-state index contributed by atoms with van der Waals surface area (Å²) in [5.41, 5.74) is 3.05. The number of nitro groups is 1. The first kappa shape index (κ1) is 17.1. The molecule has 0 aromatic heterocycles. The van der Waals surface area contributed by atoms with Gasteiger partial charge in [-0.15, -0.1) is 0 Å². The molecule has 0 bridgehead atoms. The molecule has 3 aromatic rings. The predicted molar refractivity (Wildman–Crippen MR) is 104 cm³/mol. The van der Waals surface area contributed by atoms with Crippen molar-refractivity contribution in [3.63, 3.8) is 0 Å². The number of hydrogen-bond donors (Lipinski definition) is 1. The highest BCUT2D eigenvalue weighted by atomic mass is 16.6. The molecule has 5 nitrogen and oxygen atoms in total. The summed E-state index contributed by atoms with van der Waals surface area (Å²) in [6.07, 6.45) is 5.45. The van der Waals surface area contributed by atoms with Crippen LogP contribution in [0.25, 0.3) is 12.2 Å². The molecule has 0 amide bonds. The summed E-state index contributed by atoms with van der Waals surface area (Å²) in [7, 11) is 0. The van der Waals surface area contributed by atoms with E-state index in [0.717, 1.165) is 11.1 Å². The van der Waals surface area contributed by atoms with Crippen LogP contribution in [0.3, 0.4) is 0 Å². The Morgan fingerprint density at radius 1 is 0.885 bits per heavy atom. The standard InChI is InChI=1S/C21H16N2O3/c24-21-13-12-20(23(25)26)14-18(21)15-22-19-10-8-17(9-11-19)7-6-16-4-2-1-3-5-16/h1-15,24H. The van der Waals surface area contributed by atoms with E-state index in [0.29, 0.717) is 11.3 Å². The van der Waals surface area contributed by atoms with Crippen LogP contribution in [0, 0.1) is 10.1 Å². The van der Waals surface area contributed by atoms with Gasteiger partial charge in [-0.1, -0.05) is 54.6 Å². The van der Waals surface area contributed by atoms with E-state index < -0.39 is 4.92 Å². The van der Waals surface area contributed by atoms with E-state index in [4.69, 9.17) is 0 Å². The van der Waals surface area contributed by atoms with E-state index in [1.807, 2.05) is 66.7 Å². The molecule has 0 radical (unpaired) electrons. The van der Waals surface area contributed by atoms with Crippen LogP contribution in [0.15, 0.2) is 77.8 Å². The van der Waals surface area contributed by atoms with Crippen LogP contribution in [0.4, 0.5) is 11.4 Å². The molecule has 1 N–H and O–H groups in total. The number of non-ortho nitro benzene ring substituents is 1. The Morgan fingerprint density at radius 3 is 2.19 bits per heavy atom. The molecule has 3 rings (SSSR count). The summed E-state index contributed by atoms with van der Waals surface area (Å²) < 4.78 is 0. The molecule has 0 aliphatic heterocycles. The topological polar surface area (TPSA) is 75.7 Å². The zero-order valence-corrected chi connectivity index (χ0v) is 13.8. The third kappa shape index (κ3) is 4.42. The molecule has 0 unspecified atom stereocenters. The van der Waals surface area contributed by atoms with E-state index in [-0.39, 0.29) is 11.4 Å². The molecule has 128 valence electrons. The minimum atomic E-state index is -0.509. The van der Waals surface area contributed by atoms with E-state index in [1.54, 1.807) is 0 Å². The fraction of sp³-hybridized carbons (Fsp3) is 0. The average molecular weight is 344 g/mol. The third-order valence-corrected chi connectivity index (χ3v) is 3.74. The lowest BCUT2D eigenvalue weighted by Gasteiger charge is -1.99. The van der Waals surface area contributed by atoms with Gasteiger partial charge in [0.25, 0.3) is 5.69 Å². The first-order valence-corrected chi connectivity index (χ1v) is 7.96. The molecule has 0 atom stereocenters. The quantitative estimate of drug-likeness (QED) is 0.298.